The third kappa shape index (κ3) is 3.61. The Morgan fingerprint density at radius 3 is 2.38 bits per heavy atom. The number of aryl methyl sites for hydroxylation is 1. The lowest BCUT2D eigenvalue weighted by atomic mass is 9.70. The third-order valence-corrected chi connectivity index (χ3v) is 7.92. The molecule has 2 aliphatic rings. The minimum Gasteiger partial charge on any atom is -0.507 e. The van der Waals surface area contributed by atoms with Gasteiger partial charge in [-0.2, -0.15) is 0 Å². The number of allylic oxidation sites excluding steroid dienone is 3. The fourth-order valence-electron chi connectivity index (χ4n) is 4.72. The molecule has 0 aromatic heterocycles. The average molecular weight is 453 g/mol. The summed E-state index contributed by atoms with van der Waals surface area (Å²) in [4.78, 5) is 13.2. The molecule has 5 nitrogen and oxygen atoms in total. The topological polar surface area (TPSA) is 94.8 Å². The van der Waals surface area contributed by atoms with E-state index in [2.05, 4.69) is 0 Å². The van der Waals surface area contributed by atoms with E-state index in [1.54, 1.807) is 24.3 Å². The Bertz CT molecular complexity index is 1170. The second-order valence-electron chi connectivity index (χ2n) is 9.29. The first kappa shape index (κ1) is 22.5. The van der Waals surface area contributed by atoms with E-state index in [9.17, 15) is 24.3 Å². The maximum absolute atomic E-state index is 12.9. The van der Waals surface area contributed by atoms with E-state index in [1.807, 2.05) is 45.9 Å². The molecule has 0 amide bonds. The Hall–Kier alpha value is -2.70. The van der Waals surface area contributed by atoms with Crippen LogP contribution in [0.15, 0.2) is 53.5 Å². The molecule has 0 heterocycles. The third-order valence-electron chi connectivity index (χ3n) is 6.48. The van der Waals surface area contributed by atoms with E-state index < -0.39 is 28.2 Å². The second kappa shape index (κ2) is 8.01. The summed E-state index contributed by atoms with van der Waals surface area (Å²) in [5.74, 6) is -1.53. The fraction of sp³-hybridized carbons (Fsp3) is 0.346. The predicted molar refractivity (Wildman–Crippen MR) is 125 cm³/mol. The molecule has 6 heteroatoms. The number of benzene rings is 2. The molecule has 2 aromatic carbocycles. The van der Waals surface area contributed by atoms with Gasteiger partial charge in [0.05, 0.1) is 28.2 Å². The molecule has 2 aromatic rings. The summed E-state index contributed by atoms with van der Waals surface area (Å²) >= 11 is 0. The number of phenolic OH excluding ortho intramolecular Hbond substituents is 2. The molecule has 3 N–H and O–H groups in total. The van der Waals surface area contributed by atoms with Gasteiger partial charge in [-0.25, -0.2) is 0 Å². The first-order valence-electron chi connectivity index (χ1n) is 10.7. The van der Waals surface area contributed by atoms with Gasteiger partial charge in [0.15, 0.2) is 5.78 Å². The first-order valence-corrected chi connectivity index (χ1v) is 12.0. The zero-order valence-corrected chi connectivity index (χ0v) is 19.4. The maximum atomic E-state index is 12.9. The Labute approximate surface area is 190 Å². The van der Waals surface area contributed by atoms with Crippen molar-refractivity contribution in [2.75, 3.05) is 5.75 Å². The van der Waals surface area contributed by atoms with Crippen LogP contribution in [0.1, 0.15) is 65.2 Å². The molecular formula is C26H28O5S. The summed E-state index contributed by atoms with van der Waals surface area (Å²) in [6.07, 6.45) is 5.71. The van der Waals surface area contributed by atoms with E-state index in [4.69, 9.17) is 0 Å². The van der Waals surface area contributed by atoms with Crippen LogP contribution in [0.3, 0.4) is 0 Å². The SMILES string of the molecule is Cc1ccc(S(=O)C[C@@H](O)[C@@H]2C=C[C@@H](C)c3c(O)c4c(c(O)c32)C(C)(C)C=CC4=O)cc1. The fourth-order valence-corrected chi connectivity index (χ4v) is 5.87. The number of aliphatic hydroxyl groups excluding tert-OH is 1. The Balaban J connectivity index is 1.79. The molecule has 32 heavy (non-hydrogen) atoms. The molecule has 168 valence electrons. The number of rotatable bonds is 4. The van der Waals surface area contributed by atoms with Crippen LogP contribution in [-0.2, 0) is 16.2 Å². The largest absolute Gasteiger partial charge is 0.507 e. The van der Waals surface area contributed by atoms with Crippen molar-refractivity contribution in [1.29, 1.82) is 0 Å². The Morgan fingerprint density at radius 1 is 1.06 bits per heavy atom. The summed E-state index contributed by atoms with van der Waals surface area (Å²) in [5.41, 5.74) is 1.70. The van der Waals surface area contributed by atoms with Crippen LogP contribution in [0.25, 0.3) is 0 Å². The van der Waals surface area contributed by atoms with E-state index in [0.29, 0.717) is 21.6 Å². The van der Waals surface area contributed by atoms with Crippen molar-refractivity contribution in [2.45, 2.75) is 55.9 Å². The quantitative estimate of drug-likeness (QED) is 0.473. The van der Waals surface area contributed by atoms with Crippen molar-refractivity contribution >= 4 is 16.6 Å². The number of aliphatic hydroxyl groups is 1. The van der Waals surface area contributed by atoms with Gasteiger partial charge in [-0.05, 0) is 25.1 Å². The first-order chi connectivity index (χ1) is 15.0. The van der Waals surface area contributed by atoms with Gasteiger partial charge in [-0.15, -0.1) is 0 Å². The highest BCUT2D eigenvalue weighted by Gasteiger charge is 2.41. The zero-order valence-electron chi connectivity index (χ0n) is 18.6. The number of ketones is 1. The van der Waals surface area contributed by atoms with E-state index in [-0.39, 0.29) is 34.5 Å². The van der Waals surface area contributed by atoms with Crippen LogP contribution in [0.5, 0.6) is 11.5 Å². The van der Waals surface area contributed by atoms with E-state index in [0.717, 1.165) is 5.56 Å². The highest BCUT2D eigenvalue weighted by molar-refractivity contribution is 7.85. The van der Waals surface area contributed by atoms with Crippen molar-refractivity contribution in [3.63, 3.8) is 0 Å². The van der Waals surface area contributed by atoms with Gasteiger partial charge in [-0.1, -0.05) is 56.7 Å². The number of carbonyl (C=O) groups is 1. The van der Waals surface area contributed by atoms with Crippen LogP contribution < -0.4 is 0 Å². The molecule has 0 saturated carbocycles. The summed E-state index contributed by atoms with van der Waals surface area (Å²) in [7, 11) is -1.44. The Morgan fingerprint density at radius 2 is 1.72 bits per heavy atom. The van der Waals surface area contributed by atoms with Crippen molar-refractivity contribution < 1.29 is 24.3 Å². The number of aromatic hydroxyl groups is 2. The Kier molecular flexibility index (Phi) is 5.63. The highest BCUT2D eigenvalue weighted by atomic mass is 32.2. The van der Waals surface area contributed by atoms with Crippen LogP contribution in [0, 0.1) is 6.92 Å². The van der Waals surface area contributed by atoms with Crippen LogP contribution in [0.4, 0.5) is 0 Å². The molecule has 0 saturated heterocycles. The van der Waals surface area contributed by atoms with Crippen molar-refractivity contribution in [3.8, 4) is 11.5 Å². The van der Waals surface area contributed by atoms with E-state index >= 15 is 0 Å². The van der Waals surface area contributed by atoms with Gasteiger partial charge < -0.3 is 15.3 Å². The highest BCUT2D eigenvalue weighted by Crippen LogP contribution is 2.53. The van der Waals surface area contributed by atoms with Crippen molar-refractivity contribution in [3.05, 3.63) is 76.4 Å². The summed E-state index contributed by atoms with van der Waals surface area (Å²) in [6.45, 7) is 7.53. The monoisotopic (exact) mass is 452 g/mol. The average Bonchev–Trinajstić information content (AvgIpc) is 2.73. The van der Waals surface area contributed by atoms with Gasteiger partial charge in [0, 0.05) is 38.8 Å². The molecule has 0 aliphatic heterocycles. The lowest BCUT2D eigenvalue weighted by Crippen LogP contribution is -2.29. The zero-order chi connectivity index (χ0) is 23.4. The molecule has 4 rings (SSSR count). The number of hydrogen-bond donors (Lipinski definition) is 3. The normalized spacial score (nSPS) is 22.8. The number of hydrogen-bond acceptors (Lipinski definition) is 5. The second-order valence-corrected chi connectivity index (χ2v) is 10.8. The summed E-state index contributed by atoms with van der Waals surface area (Å²) in [5, 5.41) is 33.6. The standard InChI is InChI=1S/C26H28O5S/c1-14-5-8-16(9-6-14)32(31)13-19(28)17-10-7-15(2)20-21(17)25(30)23-22(24(20)29)18(27)11-12-26(23,3)4/h5-12,15,17,19,28-30H,13H2,1-4H3/t15-,17+,19-,32?/m1/s1. The molecule has 2 aliphatic carbocycles. The molecule has 1 unspecified atom stereocenters. The summed E-state index contributed by atoms with van der Waals surface area (Å²) in [6, 6.07) is 7.32. The molecule has 0 spiro atoms. The van der Waals surface area contributed by atoms with Crippen LogP contribution >= 0.6 is 0 Å². The van der Waals surface area contributed by atoms with E-state index in [1.165, 1.54) is 6.08 Å². The maximum Gasteiger partial charge on any atom is 0.189 e. The minimum absolute atomic E-state index is 0.0224. The lowest BCUT2D eigenvalue weighted by Gasteiger charge is -2.36. The van der Waals surface area contributed by atoms with Crippen molar-refractivity contribution in [2.24, 2.45) is 0 Å². The van der Waals surface area contributed by atoms with Crippen LogP contribution in [-0.4, -0.2) is 37.2 Å². The predicted octanol–water partition coefficient (Wildman–Crippen LogP) is 4.36. The molecule has 0 fully saturated rings. The van der Waals surface area contributed by atoms with Gasteiger partial charge in [0.2, 0.25) is 0 Å². The van der Waals surface area contributed by atoms with Gasteiger partial charge in [-0.3, -0.25) is 9.00 Å². The number of fused-ring (bicyclic) bond motifs is 2. The molecule has 0 bridgehead atoms. The molecule has 0 radical (unpaired) electrons. The number of carbonyl (C=O) groups excluding carboxylic acids is 1. The van der Waals surface area contributed by atoms with Crippen molar-refractivity contribution in [1.82, 2.24) is 0 Å². The molecule has 4 atom stereocenters. The van der Waals surface area contributed by atoms with Crippen LogP contribution in [0.2, 0.25) is 0 Å². The van der Waals surface area contributed by atoms with Gasteiger partial charge >= 0.3 is 0 Å². The molecular weight excluding hydrogens is 424 g/mol. The van der Waals surface area contributed by atoms with Gasteiger partial charge in [0.1, 0.15) is 11.5 Å². The smallest absolute Gasteiger partial charge is 0.189 e. The number of phenols is 2. The summed E-state index contributed by atoms with van der Waals surface area (Å²) < 4.78 is 12.9. The lowest BCUT2D eigenvalue weighted by molar-refractivity contribution is 0.103. The van der Waals surface area contributed by atoms with Gasteiger partial charge in [0.25, 0.3) is 0 Å². The minimum atomic E-state index is -1.44.